The molecule has 0 N–H and O–H groups in total. The lowest BCUT2D eigenvalue weighted by Gasteiger charge is -2.24. The van der Waals surface area contributed by atoms with Gasteiger partial charge < -0.3 is 4.74 Å². The standard InChI is InChI=1S/C21H22N2O3S/c1-3-27(24,25)23(16-18-7-5-13-22-15-18)19-9-11-20(12-10-19)26-21-8-4-6-17(2)14-21/h4-15H,3,16H2,1-2H3. The number of hydrogen-bond donors (Lipinski definition) is 0. The summed E-state index contributed by atoms with van der Waals surface area (Å²) >= 11 is 0. The van der Waals surface area contributed by atoms with E-state index in [9.17, 15) is 8.42 Å². The van der Waals surface area contributed by atoms with E-state index in [4.69, 9.17) is 4.74 Å². The van der Waals surface area contributed by atoms with Crippen molar-refractivity contribution in [2.24, 2.45) is 0 Å². The van der Waals surface area contributed by atoms with E-state index in [0.29, 0.717) is 11.4 Å². The zero-order valence-corrected chi connectivity index (χ0v) is 16.2. The van der Waals surface area contributed by atoms with Gasteiger partial charge in [-0.25, -0.2) is 8.42 Å². The average molecular weight is 382 g/mol. The molecule has 6 heteroatoms. The minimum absolute atomic E-state index is 0.0226. The van der Waals surface area contributed by atoms with Crippen LogP contribution in [0, 0.1) is 6.92 Å². The fourth-order valence-corrected chi connectivity index (χ4v) is 3.76. The first kappa shape index (κ1) is 18.9. The Morgan fingerprint density at radius 3 is 2.41 bits per heavy atom. The van der Waals surface area contributed by atoms with Crippen LogP contribution in [0.1, 0.15) is 18.1 Å². The molecule has 2 aromatic carbocycles. The molecule has 0 radical (unpaired) electrons. The maximum Gasteiger partial charge on any atom is 0.235 e. The summed E-state index contributed by atoms with van der Waals surface area (Å²) in [7, 11) is -3.42. The highest BCUT2D eigenvalue weighted by molar-refractivity contribution is 7.92. The number of hydrogen-bond acceptors (Lipinski definition) is 4. The number of aryl methyl sites for hydroxylation is 1. The molecule has 0 saturated heterocycles. The highest BCUT2D eigenvalue weighted by Gasteiger charge is 2.21. The van der Waals surface area contributed by atoms with Crippen LogP contribution in [0.3, 0.4) is 0 Å². The van der Waals surface area contributed by atoms with Gasteiger partial charge >= 0.3 is 0 Å². The first-order chi connectivity index (χ1) is 13.0. The van der Waals surface area contributed by atoms with Crippen LogP contribution in [-0.2, 0) is 16.6 Å². The van der Waals surface area contributed by atoms with Gasteiger partial charge in [-0.15, -0.1) is 0 Å². The number of ether oxygens (including phenoxy) is 1. The van der Waals surface area contributed by atoms with Gasteiger partial charge in [-0.1, -0.05) is 18.2 Å². The molecule has 1 heterocycles. The predicted octanol–water partition coefficient (Wildman–Crippen LogP) is 4.54. The molecule has 3 aromatic rings. The molecular weight excluding hydrogens is 360 g/mol. The van der Waals surface area contributed by atoms with Crippen molar-refractivity contribution in [2.75, 3.05) is 10.1 Å². The van der Waals surface area contributed by atoms with Gasteiger partial charge in [-0.05, 0) is 67.4 Å². The van der Waals surface area contributed by atoms with Crippen LogP contribution < -0.4 is 9.04 Å². The van der Waals surface area contributed by atoms with Gasteiger partial charge in [-0.3, -0.25) is 9.29 Å². The molecule has 0 atom stereocenters. The van der Waals surface area contributed by atoms with E-state index in [1.165, 1.54) is 4.31 Å². The van der Waals surface area contributed by atoms with Crippen molar-refractivity contribution in [3.63, 3.8) is 0 Å². The highest BCUT2D eigenvalue weighted by Crippen LogP contribution is 2.27. The molecule has 140 valence electrons. The van der Waals surface area contributed by atoms with E-state index in [0.717, 1.165) is 16.9 Å². The summed E-state index contributed by atoms with van der Waals surface area (Å²) in [4.78, 5) is 4.07. The molecule has 0 aliphatic rings. The largest absolute Gasteiger partial charge is 0.457 e. The predicted molar refractivity (Wildman–Crippen MR) is 108 cm³/mol. The number of rotatable bonds is 7. The van der Waals surface area contributed by atoms with Gasteiger partial charge in [-0.2, -0.15) is 0 Å². The summed E-state index contributed by atoms with van der Waals surface area (Å²) in [5, 5.41) is 0. The summed E-state index contributed by atoms with van der Waals surface area (Å²) in [6.45, 7) is 3.88. The third-order valence-corrected chi connectivity index (χ3v) is 5.84. The number of sulfonamides is 1. The molecule has 27 heavy (non-hydrogen) atoms. The van der Waals surface area contributed by atoms with E-state index in [1.807, 2.05) is 37.3 Å². The summed E-state index contributed by atoms with van der Waals surface area (Å²) in [6.07, 6.45) is 3.34. The minimum Gasteiger partial charge on any atom is -0.457 e. The highest BCUT2D eigenvalue weighted by atomic mass is 32.2. The summed E-state index contributed by atoms with van der Waals surface area (Å²) < 4.78 is 32.4. The molecule has 0 spiro atoms. The number of aromatic nitrogens is 1. The summed E-state index contributed by atoms with van der Waals surface area (Å²) in [5.74, 6) is 1.42. The van der Waals surface area contributed by atoms with Crippen molar-refractivity contribution in [3.05, 3.63) is 84.2 Å². The maximum atomic E-state index is 12.6. The van der Waals surface area contributed by atoms with Gasteiger partial charge in [0.15, 0.2) is 0 Å². The lowest BCUT2D eigenvalue weighted by molar-refractivity contribution is 0.482. The van der Waals surface area contributed by atoms with Crippen LogP contribution in [0.4, 0.5) is 5.69 Å². The number of pyridine rings is 1. The van der Waals surface area contributed by atoms with E-state index in [1.54, 1.807) is 49.6 Å². The molecule has 0 amide bonds. The SMILES string of the molecule is CCS(=O)(=O)N(Cc1cccnc1)c1ccc(Oc2cccc(C)c2)cc1. The van der Waals surface area contributed by atoms with Crippen LogP contribution in [0.25, 0.3) is 0 Å². The Hall–Kier alpha value is -2.86. The molecule has 0 fully saturated rings. The van der Waals surface area contributed by atoms with E-state index < -0.39 is 10.0 Å². The molecular formula is C21H22N2O3S. The smallest absolute Gasteiger partial charge is 0.235 e. The molecule has 0 unspecified atom stereocenters. The van der Waals surface area contributed by atoms with Crippen LogP contribution >= 0.6 is 0 Å². The minimum atomic E-state index is -3.42. The fourth-order valence-electron chi connectivity index (χ4n) is 2.66. The molecule has 5 nitrogen and oxygen atoms in total. The van der Waals surface area contributed by atoms with Crippen molar-refractivity contribution in [1.82, 2.24) is 4.98 Å². The lowest BCUT2D eigenvalue weighted by atomic mass is 10.2. The van der Waals surface area contributed by atoms with E-state index >= 15 is 0 Å². The topological polar surface area (TPSA) is 59.5 Å². The average Bonchev–Trinajstić information content (AvgIpc) is 2.68. The third-order valence-electron chi connectivity index (χ3n) is 4.10. The van der Waals surface area contributed by atoms with Crippen molar-refractivity contribution >= 4 is 15.7 Å². The van der Waals surface area contributed by atoms with E-state index in [2.05, 4.69) is 4.98 Å². The maximum absolute atomic E-state index is 12.6. The van der Waals surface area contributed by atoms with Gasteiger partial charge in [0.25, 0.3) is 0 Å². The van der Waals surface area contributed by atoms with Crippen molar-refractivity contribution in [1.29, 1.82) is 0 Å². The molecule has 0 aliphatic heterocycles. The van der Waals surface area contributed by atoms with Crippen molar-refractivity contribution in [2.45, 2.75) is 20.4 Å². The Balaban J connectivity index is 1.84. The normalized spacial score (nSPS) is 11.2. The Morgan fingerprint density at radius 2 is 1.78 bits per heavy atom. The summed E-state index contributed by atoms with van der Waals surface area (Å²) in [6, 6.07) is 18.5. The first-order valence-electron chi connectivity index (χ1n) is 8.72. The first-order valence-corrected chi connectivity index (χ1v) is 10.3. The molecule has 0 aliphatic carbocycles. The van der Waals surface area contributed by atoms with Crippen LogP contribution in [0.15, 0.2) is 73.1 Å². The van der Waals surface area contributed by atoms with Crippen LogP contribution in [-0.4, -0.2) is 19.2 Å². The third kappa shape index (κ3) is 4.86. The summed E-state index contributed by atoms with van der Waals surface area (Å²) in [5.41, 5.74) is 2.53. The Labute approximate surface area is 160 Å². The van der Waals surface area contributed by atoms with Gasteiger partial charge in [0.2, 0.25) is 10.0 Å². The fraction of sp³-hybridized carbons (Fsp3) is 0.190. The Morgan fingerprint density at radius 1 is 1.00 bits per heavy atom. The number of nitrogens with zero attached hydrogens (tertiary/aromatic N) is 2. The van der Waals surface area contributed by atoms with Crippen molar-refractivity contribution < 1.29 is 13.2 Å². The molecule has 3 rings (SSSR count). The van der Waals surface area contributed by atoms with E-state index in [-0.39, 0.29) is 12.3 Å². The van der Waals surface area contributed by atoms with Crippen LogP contribution in [0.5, 0.6) is 11.5 Å². The quantitative estimate of drug-likeness (QED) is 0.602. The van der Waals surface area contributed by atoms with Gasteiger partial charge in [0.1, 0.15) is 11.5 Å². The lowest BCUT2D eigenvalue weighted by Crippen LogP contribution is -2.31. The molecule has 0 saturated carbocycles. The second kappa shape index (κ2) is 8.22. The molecule has 1 aromatic heterocycles. The second-order valence-corrected chi connectivity index (χ2v) is 8.36. The van der Waals surface area contributed by atoms with Crippen LogP contribution in [0.2, 0.25) is 0 Å². The van der Waals surface area contributed by atoms with Crippen molar-refractivity contribution in [3.8, 4) is 11.5 Å². The van der Waals surface area contributed by atoms with Gasteiger partial charge in [0, 0.05) is 12.4 Å². The Bertz CT molecular complexity index is 987. The zero-order chi connectivity index (χ0) is 19.3. The second-order valence-electron chi connectivity index (χ2n) is 6.18. The molecule has 0 bridgehead atoms. The van der Waals surface area contributed by atoms with Gasteiger partial charge in [0.05, 0.1) is 18.0 Å². The monoisotopic (exact) mass is 382 g/mol. The number of anilines is 1. The number of benzene rings is 2. The Kier molecular flexibility index (Phi) is 5.76. The zero-order valence-electron chi connectivity index (χ0n) is 15.4.